The fraction of sp³-hybridized carbons (Fsp3) is 0.231. The Bertz CT molecular complexity index is 614. The minimum Gasteiger partial charge on any atom is -0.467 e. The largest absolute Gasteiger partial charge is 0.467 e. The maximum absolute atomic E-state index is 12.7. The molecule has 112 valence electrons. The van der Waals surface area contributed by atoms with E-state index < -0.39 is 18.6 Å². The Kier molecular flexibility index (Phi) is 4.66. The average molecular weight is 363 g/mol. The molecule has 1 amide bonds. The van der Waals surface area contributed by atoms with Gasteiger partial charge in [-0.05, 0) is 40.2 Å². The highest BCUT2D eigenvalue weighted by atomic mass is 79.9. The topological polar surface area (TPSA) is 46.3 Å². The van der Waals surface area contributed by atoms with Gasteiger partial charge < -0.3 is 9.32 Å². The smallest absolute Gasteiger partial charge is 0.406 e. The van der Waals surface area contributed by atoms with E-state index in [0.717, 1.165) is 0 Å². The fourth-order valence-corrected chi connectivity index (χ4v) is 2.12. The van der Waals surface area contributed by atoms with Gasteiger partial charge in [0.25, 0.3) is 5.91 Å². The molecule has 0 unspecified atom stereocenters. The lowest BCUT2D eigenvalue weighted by Gasteiger charge is -2.23. The monoisotopic (exact) mass is 362 g/mol. The number of rotatable bonds is 4. The molecule has 0 aromatic carbocycles. The molecule has 2 aromatic heterocycles. The van der Waals surface area contributed by atoms with Crippen LogP contribution in [0.15, 0.2) is 45.6 Å². The minimum absolute atomic E-state index is 0.0756. The zero-order valence-electron chi connectivity index (χ0n) is 10.6. The summed E-state index contributed by atoms with van der Waals surface area (Å²) in [6.07, 6.45) is -1.83. The molecule has 0 atom stereocenters. The molecule has 0 aliphatic heterocycles. The third kappa shape index (κ3) is 4.32. The lowest BCUT2D eigenvalue weighted by atomic mass is 10.3. The van der Waals surface area contributed by atoms with Crippen LogP contribution in [0.4, 0.5) is 13.2 Å². The number of carbonyl (C=O) groups is 1. The molecule has 4 nitrogen and oxygen atoms in total. The van der Waals surface area contributed by atoms with Crippen LogP contribution in [0.5, 0.6) is 0 Å². The number of aromatic nitrogens is 1. The van der Waals surface area contributed by atoms with Crippen LogP contribution in [0.25, 0.3) is 0 Å². The molecule has 0 N–H and O–H groups in total. The van der Waals surface area contributed by atoms with E-state index in [2.05, 4.69) is 20.9 Å². The Morgan fingerprint density at radius 2 is 2.10 bits per heavy atom. The van der Waals surface area contributed by atoms with Crippen LogP contribution in [0, 0.1) is 0 Å². The molecule has 0 aliphatic rings. The third-order valence-corrected chi connectivity index (χ3v) is 3.19. The number of carbonyl (C=O) groups excluding carboxylic acids is 1. The van der Waals surface area contributed by atoms with Crippen LogP contribution in [0.3, 0.4) is 0 Å². The summed E-state index contributed by atoms with van der Waals surface area (Å²) in [5.41, 5.74) is -0.0756. The maximum atomic E-state index is 12.7. The van der Waals surface area contributed by atoms with Gasteiger partial charge >= 0.3 is 6.18 Å². The van der Waals surface area contributed by atoms with Crippen molar-refractivity contribution in [2.24, 2.45) is 0 Å². The Morgan fingerprint density at radius 1 is 1.33 bits per heavy atom. The molecule has 0 saturated heterocycles. The molecule has 0 bridgehead atoms. The number of pyridine rings is 1. The van der Waals surface area contributed by atoms with E-state index in [4.69, 9.17) is 4.42 Å². The average Bonchev–Trinajstić information content (AvgIpc) is 2.89. The van der Waals surface area contributed by atoms with E-state index in [9.17, 15) is 18.0 Å². The first kappa shape index (κ1) is 15.6. The number of halogens is 4. The SMILES string of the molecule is O=C(c1ncccc1Br)N(Cc1ccco1)CC(F)(F)F. The first-order valence-corrected chi connectivity index (χ1v) is 6.65. The number of amides is 1. The molecule has 2 rings (SSSR count). The van der Waals surface area contributed by atoms with Gasteiger partial charge in [-0.25, -0.2) is 4.98 Å². The molecule has 2 aromatic rings. The van der Waals surface area contributed by atoms with Gasteiger partial charge in [0.2, 0.25) is 0 Å². The number of furan rings is 1. The Hall–Kier alpha value is -1.83. The van der Waals surface area contributed by atoms with Gasteiger partial charge in [0.1, 0.15) is 18.0 Å². The van der Waals surface area contributed by atoms with E-state index in [1.54, 1.807) is 18.2 Å². The second-order valence-corrected chi connectivity index (χ2v) is 5.04. The lowest BCUT2D eigenvalue weighted by Crippen LogP contribution is -2.39. The molecule has 0 aliphatic carbocycles. The summed E-state index contributed by atoms with van der Waals surface area (Å²) in [5, 5.41) is 0. The second kappa shape index (κ2) is 6.30. The van der Waals surface area contributed by atoms with Crippen LogP contribution in [-0.2, 0) is 6.54 Å². The number of alkyl halides is 3. The molecular formula is C13H10BrF3N2O2. The predicted molar refractivity (Wildman–Crippen MR) is 71.4 cm³/mol. The summed E-state index contributed by atoms with van der Waals surface area (Å²) in [6, 6.07) is 6.16. The maximum Gasteiger partial charge on any atom is 0.406 e. The standard InChI is InChI=1S/C13H10BrF3N2O2/c14-10-4-1-5-18-11(10)12(20)19(8-13(15,16)17)7-9-3-2-6-21-9/h1-6H,7-8H2. The fourth-order valence-electron chi connectivity index (χ4n) is 1.70. The quantitative estimate of drug-likeness (QED) is 0.833. The third-order valence-electron chi connectivity index (χ3n) is 2.55. The Labute approximate surface area is 126 Å². The van der Waals surface area contributed by atoms with E-state index >= 15 is 0 Å². The van der Waals surface area contributed by atoms with Crippen LogP contribution >= 0.6 is 15.9 Å². The van der Waals surface area contributed by atoms with Crippen LogP contribution < -0.4 is 0 Å². The van der Waals surface area contributed by atoms with E-state index in [0.29, 0.717) is 9.37 Å². The minimum atomic E-state index is -4.51. The van der Waals surface area contributed by atoms with Gasteiger partial charge in [-0.15, -0.1) is 0 Å². The van der Waals surface area contributed by atoms with Crippen LogP contribution in [0.2, 0.25) is 0 Å². The molecule has 0 saturated carbocycles. The Morgan fingerprint density at radius 3 is 2.67 bits per heavy atom. The predicted octanol–water partition coefficient (Wildman–Crippen LogP) is 3.64. The summed E-state index contributed by atoms with van der Waals surface area (Å²) >= 11 is 3.11. The summed E-state index contributed by atoms with van der Waals surface area (Å²) in [4.78, 5) is 16.7. The van der Waals surface area contributed by atoms with Crippen molar-refractivity contribution in [3.05, 3.63) is 52.7 Å². The molecule has 2 heterocycles. The Balaban J connectivity index is 2.26. The van der Waals surface area contributed by atoms with Gasteiger partial charge in [-0.3, -0.25) is 4.79 Å². The highest BCUT2D eigenvalue weighted by Crippen LogP contribution is 2.22. The van der Waals surface area contributed by atoms with Crippen molar-refractivity contribution in [3.63, 3.8) is 0 Å². The van der Waals surface area contributed by atoms with Crippen molar-refractivity contribution >= 4 is 21.8 Å². The van der Waals surface area contributed by atoms with Crippen molar-refractivity contribution in [2.75, 3.05) is 6.54 Å². The van der Waals surface area contributed by atoms with Gasteiger partial charge in [0, 0.05) is 10.7 Å². The number of nitrogens with zero attached hydrogens (tertiary/aromatic N) is 2. The summed E-state index contributed by atoms with van der Waals surface area (Å²) in [5.74, 6) is -0.559. The van der Waals surface area contributed by atoms with E-state index in [1.165, 1.54) is 18.5 Å². The number of hydrogen-bond acceptors (Lipinski definition) is 3. The van der Waals surface area contributed by atoms with E-state index in [1.807, 2.05) is 0 Å². The van der Waals surface area contributed by atoms with Gasteiger partial charge in [-0.2, -0.15) is 13.2 Å². The summed E-state index contributed by atoms with van der Waals surface area (Å²) in [7, 11) is 0. The first-order chi connectivity index (χ1) is 9.87. The molecule has 21 heavy (non-hydrogen) atoms. The first-order valence-electron chi connectivity index (χ1n) is 5.86. The van der Waals surface area contributed by atoms with Crippen molar-refractivity contribution in [1.82, 2.24) is 9.88 Å². The van der Waals surface area contributed by atoms with Crippen molar-refractivity contribution in [3.8, 4) is 0 Å². The summed E-state index contributed by atoms with van der Waals surface area (Å²) < 4.78 is 43.3. The highest BCUT2D eigenvalue weighted by Gasteiger charge is 2.34. The van der Waals surface area contributed by atoms with Crippen molar-refractivity contribution < 1.29 is 22.4 Å². The molecule has 0 radical (unpaired) electrons. The van der Waals surface area contributed by atoms with Crippen molar-refractivity contribution in [1.29, 1.82) is 0 Å². The molecular weight excluding hydrogens is 353 g/mol. The van der Waals surface area contributed by atoms with Crippen LogP contribution in [-0.4, -0.2) is 28.5 Å². The zero-order valence-corrected chi connectivity index (χ0v) is 12.2. The second-order valence-electron chi connectivity index (χ2n) is 4.19. The van der Waals surface area contributed by atoms with Gasteiger partial charge in [0.15, 0.2) is 0 Å². The molecule has 8 heteroatoms. The van der Waals surface area contributed by atoms with Gasteiger partial charge in [0.05, 0.1) is 12.8 Å². The van der Waals surface area contributed by atoms with E-state index in [-0.39, 0.29) is 18.0 Å². The summed E-state index contributed by atoms with van der Waals surface area (Å²) in [6.45, 7) is -1.66. The normalized spacial score (nSPS) is 11.4. The van der Waals surface area contributed by atoms with Gasteiger partial charge in [-0.1, -0.05) is 0 Å². The highest BCUT2D eigenvalue weighted by molar-refractivity contribution is 9.10. The lowest BCUT2D eigenvalue weighted by molar-refractivity contribution is -0.142. The zero-order chi connectivity index (χ0) is 15.5. The van der Waals surface area contributed by atoms with Crippen molar-refractivity contribution in [2.45, 2.75) is 12.7 Å². The molecule has 0 fully saturated rings. The van der Waals surface area contributed by atoms with Crippen LogP contribution in [0.1, 0.15) is 16.2 Å². The number of hydrogen-bond donors (Lipinski definition) is 0. The molecule has 0 spiro atoms.